The molecule has 1 amide bonds. The van der Waals surface area contributed by atoms with Crippen LogP contribution < -0.4 is 5.32 Å². The van der Waals surface area contributed by atoms with Crippen molar-refractivity contribution < 1.29 is 4.79 Å². The lowest BCUT2D eigenvalue weighted by molar-refractivity contribution is -0.118. The average Bonchev–Trinajstić information content (AvgIpc) is 2.12. The first-order valence-electron chi connectivity index (χ1n) is 4.80. The van der Waals surface area contributed by atoms with Gasteiger partial charge >= 0.3 is 0 Å². The molecule has 1 unspecified atom stereocenters. The smallest absolute Gasteiger partial charge is 0.247 e. The van der Waals surface area contributed by atoms with Crippen LogP contribution in [0.3, 0.4) is 0 Å². The molecule has 0 aromatic rings. The summed E-state index contributed by atoms with van der Waals surface area (Å²) in [4.78, 5) is 11.5. The summed E-state index contributed by atoms with van der Waals surface area (Å²) >= 11 is 0. The van der Waals surface area contributed by atoms with E-state index < -0.39 is 5.54 Å². The Morgan fingerprint density at radius 1 is 1.40 bits per heavy atom. The average molecular weight is 201 g/mol. The van der Waals surface area contributed by atoms with Crippen molar-refractivity contribution in [2.24, 2.45) is 0 Å². The number of rotatable bonds is 2. The highest BCUT2D eigenvalue weighted by molar-refractivity contribution is 5.93. The fourth-order valence-electron chi connectivity index (χ4n) is 1.13. The van der Waals surface area contributed by atoms with E-state index in [4.69, 9.17) is 0 Å². The highest BCUT2D eigenvalue weighted by atomic mass is 16.1. The van der Waals surface area contributed by atoms with Gasteiger partial charge in [-0.25, -0.2) is 0 Å². The van der Waals surface area contributed by atoms with Gasteiger partial charge in [-0.05, 0) is 26.0 Å². The van der Waals surface area contributed by atoms with Crippen molar-refractivity contribution in [3.05, 3.63) is 54.3 Å². The van der Waals surface area contributed by atoms with Crippen LogP contribution in [0.5, 0.6) is 0 Å². The van der Waals surface area contributed by atoms with E-state index in [2.05, 4.69) is 17.6 Å². The van der Waals surface area contributed by atoms with Crippen LogP contribution in [-0.4, -0.2) is 11.4 Å². The maximum atomic E-state index is 11.5. The molecule has 1 atom stereocenters. The molecule has 78 valence electrons. The number of carbonyl (C=O) groups is 1. The lowest BCUT2D eigenvalue weighted by Crippen LogP contribution is -2.43. The first kappa shape index (κ1) is 11.3. The summed E-state index contributed by atoms with van der Waals surface area (Å²) in [5.41, 5.74) is 2.99. The van der Waals surface area contributed by atoms with Crippen molar-refractivity contribution in [2.75, 3.05) is 0 Å². The van der Waals surface area contributed by atoms with Crippen molar-refractivity contribution in [3.8, 4) is 0 Å². The highest BCUT2D eigenvalue weighted by Gasteiger charge is 2.19. The third-order valence-electron chi connectivity index (χ3n) is 2.01. The van der Waals surface area contributed by atoms with E-state index in [1.807, 2.05) is 37.3 Å². The second-order valence-electron chi connectivity index (χ2n) is 3.74. The van der Waals surface area contributed by atoms with E-state index in [9.17, 15) is 4.79 Å². The lowest BCUT2D eigenvalue weighted by atomic mass is 10.00. The van der Waals surface area contributed by atoms with Crippen LogP contribution in [0, 0.1) is 0 Å². The predicted octanol–water partition coefficient (Wildman–Crippen LogP) is 2.27. The number of amides is 1. The standard InChI is InChI=1S/C13H15NO/c1-11(2)12(15)14-13(3)9-7-5-4-6-8-10-13/h4-7,9-10H,1H2,2-3H3,(H,14,15)/b5-4-,9-7-. The molecule has 1 N–H and O–H groups in total. The molecule has 0 radical (unpaired) electrons. The molecule has 0 saturated heterocycles. The van der Waals surface area contributed by atoms with E-state index in [1.54, 1.807) is 13.0 Å². The Hall–Kier alpha value is -1.79. The number of nitrogens with one attached hydrogen (secondary N) is 1. The minimum Gasteiger partial charge on any atom is -0.340 e. The number of hydrogen-bond acceptors (Lipinski definition) is 1. The molecule has 0 heterocycles. The Bertz CT molecular complexity index is 395. The van der Waals surface area contributed by atoms with Gasteiger partial charge in [-0.15, -0.1) is 5.73 Å². The summed E-state index contributed by atoms with van der Waals surface area (Å²) in [6, 6.07) is 0. The molecule has 1 aliphatic rings. The Morgan fingerprint density at radius 2 is 2.13 bits per heavy atom. The van der Waals surface area contributed by atoms with Crippen LogP contribution in [0.4, 0.5) is 0 Å². The van der Waals surface area contributed by atoms with E-state index in [0.29, 0.717) is 5.57 Å². The van der Waals surface area contributed by atoms with Crippen molar-refractivity contribution in [1.29, 1.82) is 0 Å². The van der Waals surface area contributed by atoms with Crippen molar-refractivity contribution in [3.63, 3.8) is 0 Å². The van der Waals surface area contributed by atoms with Crippen LogP contribution in [-0.2, 0) is 4.79 Å². The van der Waals surface area contributed by atoms with Crippen LogP contribution in [0.25, 0.3) is 0 Å². The molecule has 1 rings (SSSR count). The van der Waals surface area contributed by atoms with E-state index in [0.717, 1.165) is 0 Å². The summed E-state index contributed by atoms with van der Waals surface area (Å²) in [5.74, 6) is -0.148. The van der Waals surface area contributed by atoms with Crippen molar-refractivity contribution in [1.82, 2.24) is 5.32 Å². The van der Waals surface area contributed by atoms with E-state index in [-0.39, 0.29) is 5.91 Å². The highest BCUT2D eigenvalue weighted by Crippen LogP contribution is 2.10. The molecule has 2 heteroatoms. The maximum Gasteiger partial charge on any atom is 0.247 e. The Morgan fingerprint density at radius 3 is 2.80 bits per heavy atom. The molecule has 2 nitrogen and oxygen atoms in total. The van der Waals surface area contributed by atoms with Crippen molar-refractivity contribution in [2.45, 2.75) is 19.4 Å². The minimum absolute atomic E-state index is 0.148. The molecule has 0 aliphatic heterocycles. The van der Waals surface area contributed by atoms with Gasteiger partial charge in [0.05, 0.1) is 5.54 Å². The largest absolute Gasteiger partial charge is 0.340 e. The van der Waals surface area contributed by atoms with Crippen LogP contribution in [0.15, 0.2) is 54.3 Å². The fourth-order valence-corrected chi connectivity index (χ4v) is 1.13. The Kier molecular flexibility index (Phi) is 3.48. The van der Waals surface area contributed by atoms with Gasteiger partial charge in [0, 0.05) is 5.57 Å². The monoisotopic (exact) mass is 201 g/mol. The zero-order chi connectivity index (χ0) is 11.3. The van der Waals surface area contributed by atoms with Crippen LogP contribution in [0.2, 0.25) is 0 Å². The molecule has 15 heavy (non-hydrogen) atoms. The predicted molar refractivity (Wildman–Crippen MR) is 62.3 cm³/mol. The van der Waals surface area contributed by atoms with Crippen LogP contribution >= 0.6 is 0 Å². The van der Waals surface area contributed by atoms with Crippen LogP contribution in [0.1, 0.15) is 13.8 Å². The summed E-state index contributed by atoms with van der Waals surface area (Å²) in [6.45, 7) is 7.19. The third kappa shape index (κ3) is 3.45. The number of carbonyl (C=O) groups excluding carboxylic acids is 1. The molecule has 0 saturated carbocycles. The lowest BCUT2D eigenvalue weighted by Gasteiger charge is -2.23. The summed E-state index contributed by atoms with van der Waals surface area (Å²) in [7, 11) is 0. The topological polar surface area (TPSA) is 29.1 Å². The summed E-state index contributed by atoms with van der Waals surface area (Å²) in [6.07, 6.45) is 11.2. The van der Waals surface area contributed by atoms with Gasteiger partial charge in [-0.3, -0.25) is 4.79 Å². The van der Waals surface area contributed by atoms with E-state index >= 15 is 0 Å². The van der Waals surface area contributed by atoms with Gasteiger partial charge in [0.2, 0.25) is 5.91 Å². The Balaban J connectivity index is 2.86. The molecule has 0 aromatic heterocycles. The number of allylic oxidation sites excluding steroid dienone is 3. The quantitative estimate of drug-likeness (QED) is 0.539. The second-order valence-corrected chi connectivity index (χ2v) is 3.74. The second kappa shape index (κ2) is 4.63. The van der Waals surface area contributed by atoms with Crippen molar-refractivity contribution >= 4 is 5.91 Å². The van der Waals surface area contributed by atoms with Gasteiger partial charge in [0.1, 0.15) is 0 Å². The maximum absolute atomic E-state index is 11.5. The molecular weight excluding hydrogens is 186 g/mol. The zero-order valence-corrected chi connectivity index (χ0v) is 9.08. The van der Waals surface area contributed by atoms with Gasteiger partial charge in [0.25, 0.3) is 0 Å². The SMILES string of the molecule is C=C(C)C(=O)NC1(C)C=C=C/C=C\C=C/1. The van der Waals surface area contributed by atoms with Gasteiger partial charge in [-0.1, -0.05) is 30.9 Å². The van der Waals surface area contributed by atoms with Gasteiger partial charge in [0.15, 0.2) is 0 Å². The molecular formula is C13H15NO. The molecule has 0 bridgehead atoms. The molecule has 0 spiro atoms. The van der Waals surface area contributed by atoms with Gasteiger partial charge in [-0.2, -0.15) is 0 Å². The first-order valence-corrected chi connectivity index (χ1v) is 4.80. The number of hydrogen-bond donors (Lipinski definition) is 1. The summed E-state index contributed by atoms with van der Waals surface area (Å²) < 4.78 is 0. The third-order valence-corrected chi connectivity index (χ3v) is 2.01. The van der Waals surface area contributed by atoms with E-state index in [1.165, 1.54) is 0 Å². The zero-order valence-electron chi connectivity index (χ0n) is 9.08. The van der Waals surface area contributed by atoms with Gasteiger partial charge < -0.3 is 5.32 Å². The molecule has 0 aromatic carbocycles. The fraction of sp³-hybridized carbons (Fsp3) is 0.231. The minimum atomic E-state index is -0.503. The first-order chi connectivity index (χ1) is 7.03. The molecule has 1 aliphatic carbocycles. The normalized spacial score (nSPS) is 27.6. The molecule has 0 fully saturated rings. The Labute approximate surface area is 90.4 Å². The summed E-state index contributed by atoms with van der Waals surface area (Å²) in [5, 5.41) is 2.87.